The third-order valence-electron chi connectivity index (χ3n) is 5.59. The number of para-hydroxylation sites is 1. The largest absolute Gasteiger partial charge is 0.493 e. The fourth-order valence-electron chi connectivity index (χ4n) is 4.08. The highest BCUT2D eigenvalue weighted by Crippen LogP contribution is 2.32. The fraction of sp³-hybridized carbons (Fsp3) is 0.478. The number of methoxy groups -OCH3 is 2. The Labute approximate surface area is 163 Å². The molecule has 1 heterocycles. The van der Waals surface area contributed by atoms with Gasteiger partial charge < -0.3 is 9.47 Å². The number of ether oxygens (including phenoxy) is 2. The van der Waals surface area contributed by atoms with Gasteiger partial charge in [0.2, 0.25) is 0 Å². The first-order chi connectivity index (χ1) is 13.2. The van der Waals surface area contributed by atoms with Gasteiger partial charge in [-0.05, 0) is 44.1 Å². The van der Waals surface area contributed by atoms with Gasteiger partial charge in [-0.15, -0.1) is 0 Å². The number of likely N-dealkylation sites (tertiary alicyclic amines) is 1. The second-order valence-electron chi connectivity index (χ2n) is 7.21. The van der Waals surface area contributed by atoms with Crippen LogP contribution in [0.15, 0.2) is 48.5 Å². The Morgan fingerprint density at radius 1 is 0.963 bits per heavy atom. The molecule has 0 atom stereocenters. The fourth-order valence-corrected chi connectivity index (χ4v) is 4.08. The Hall–Kier alpha value is -2.04. The van der Waals surface area contributed by atoms with Crippen molar-refractivity contribution in [2.75, 3.05) is 33.9 Å². The van der Waals surface area contributed by atoms with E-state index in [0.29, 0.717) is 6.04 Å². The third-order valence-corrected chi connectivity index (χ3v) is 5.59. The molecule has 0 aromatic heterocycles. The molecule has 0 unspecified atom stereocenters. The summed E-state index contributed by atoms with van der Waals surface area (Å²) in [4.78, 5) is 5.16. The van der Waals surface area contributed by atoms with Crippen molar-refractivity contribution in [2.24, 2.45) is 0 Å². The summed E-state index contributed by atoms with van der Waals surface area (Å²) < 4.78 is 11.0. The van der Waals surface area contributed by atoms with Crippen LogP contribution in [-0.4, -0.2) is 49.7 Å². The van der Waals surface area contributed by atoms with Gasteiger partial charge in [-0.25, -0.2) is 0 Å². The van der Waals surface area contributed by atoms with Crippen LogP contribution in [0.25, 0.3) is 0 Å². The van der Waals surface area contributed by atoms with Crippen molar-refractivity contribution in [2.45, 2.75) is 38.9 Å². The van der Waals surface area contributed by atoms with E-state index in [-0.39, 0.29) is 0 Å². The Bertz CT molecular complexity index is 697. The predicted octanol–water partition coefficient (Wildman–Crippen LogP) is 4.19. The normalized spacial score (nSPS) is 15.9. The topological polar surface area (TPSA) is 24.9 Å². The summed E-state index contributed by atoms with van der Waals surface area (Å²) >= 11 is 0. The molecule has 0 N–H and O–H groups in total. The number of piperidine rings is 1. The molecule has 1 fully saturated rings. The lowest BCUT2D eigenvalue weighted by molar-refractivity contribution is 0.103. The zero-order valence-electron chi connectivity index (χ0n) is 16.9. The molecule has 4 nitrogen and oxygen atoms in total. The van der Waals surface area contributed by atoms with Crippen LogP contribution >= 0.6 is 0 Å². The molecule has 0 amide bonds. The van der Waals surface area contributed by atoms with Crippen LogP contribution in [0, 0.1) is 0 Å². The Morgan fingerprint density at radius 2 is 1.70 bits per heavy atom. The molecule has 1 saturated heterocycles. The number of benzene rings is 2. The van der Waals surface area contributed by atoms with E-state index < -0.39 is 0 Å². The summed E-state index contributed by atoms with van der Waals surface area (Å²) in [6.07, 6.45) is 2.43. The average Bonchev–Trinajstić information content (AvgIpc) is 2.73. The van der Waals surface area contributed by atoms with Crippen molar-refractivity contribution < 1.29 is 9.47 Å². The molecule has 2 aromatic rings. The van der Waals surface area contributed by atoms with E-state index in [1.807, 2.05) is 12.1 Å². The van der Waals surface area contributed by atoms with E-state index in [4.69, 9.17) is 9.47 Å². The lowest BCUT2D eigenvalue weighted by atomic mass is 10.0. The van der Waals surface area contributed by atoms with Crippen LogP contribution in [0.5, 0.6) is 11.5 Å². The van der Waals surface area contributed by atoms with Gasteiger partial charge in [-0.2, -0.15) is 0 Å². The predicted molar refractivity (Wildman–Crippen MR) is 110 cm³/mol. The molecular weight excluding hydrogens is 336 g/mol. The Morgan fingerprint density at radius 3 is 2.33 bits per heavy atom. The molecule has 0 spiro atoms. The molecule has 27 heavy (non-hydrogen) atoms. The molecule has 0 saturated carbocycles. The zero-order chi connectivity index (χ0) is 19.1. The number of rotatable bonds is 8. The molecule has 1 aliphatic rings. The van der Waals surface area contributed by atoms with Gasteiger partial charge in [-0.3, -0.25) is 9.80 Å². The van der Waals surface area contributed by atoms with Crippen molar-refractivity contribution in [3.05, 3.63) is 59.7 Å². The average molecular weight is 369 g/mol. The van der Waals surface area contributed by atoms with Gasteiger partial charge in [0.15, 0.2) is 11.5 Å². The smallest absolute Gasteiger partial charge is 0.165 e. The SMILES string of the molecule is CCN(Cc1ccccc1)C1CCN(Cc2cccc(OC)c2OC)CC1. The molecule has 2 aromatic carbocycles. The van der Waals surface area contributed by atoms with E-state index in [9.17, 15) is 0 Å². The molecule has 4 heteroatoms. The second-order valence-corrected chi connectivity index (χ2v) is 7.21. The van der Waals surface area contributed by atoms with Gasteiger partial charge in [0, 0.05) is 24.7 Å². The first-order valence-electron chi connectivity index (χ1n) is 9.95. The van der Waals surface area contributed by atoms with Crippen LogP contribution < -0.4 is 9.47 Å². The molecule has 1 aliphatic heterocycles. The van der Waals surface area contributed by atoms with E-state index >= 15 is 0 Å². The maximum absolute atomic E-state index is 5.59. The van der Waals surface area contributed by atoms with Gasteiger partial charge in [0.1, 0.15) is 0 Å². The molecule has 0 bridgehead atoms. The minimum atomic E-state index is 0.665. The lowest BCUT2D eigenvalue weighted by Crippen LogP contribution is -2.44. The highest BCUT2D eigenvalue weighted by molar-refractivity contribution is 5.46. The minimum Gasteiger partial charge on any atom is -0.493 e. The quantitative estimate of drug-likeness (QED) is 0.697. The molecule has 0 aliphatic carbocycles. The first kappa shape index (κ1) is 19.7. The van der Waals surface area contributed by atoms with E-state index in [0.717, 1.165) is 44.2 Å². The van der Waals surface area contributed by atoms with Gasteiger partial charge in [0.25, 0.3) is 0 Å². The van der Waals surface area contributed by atoms with E-state index in [1.165, 1.54) is 24.0 Å². The maximum Gasteiger partial charge on any atom is 0.165 e. The number of hydrogen-bond donors (Lipinski definition) is 0. The van der Waals surface area contributed by atoms with Gasteiger partial charge >= 0.3 is 0 Å². The molecular formula is C23H32N2O2. The number of nitrogens with zero attached hydrogens (tertiary/aromatic N) is 2. The molecule has 3 rings (SSSR count). The van der Waals surface area contributed by atoms with Crippen LogP contribution in [-0.2, 0) is 13.1 Å². The van der Waals surface area contributed by atoms with Crippen LogP contribution in [0.4, 0.5) is 0 Å². The number of hydrogen-bond acceptors (Lipinski definition) is 4. The summed E-state index contributed by atoms with van der Waals surface area (Å²) in [7, 11) is 3.41. The van der Waals surface area contributed by atoms with Crippen molar-refractivity contribution in [1.82, 2.24) is 9.80 Å². The standard InChI is InChI=1S/C23H32N2O2/c1-4-25(17-19-9-6-5-7-10-19)21-13-15-24(16-14-21)18-20-11-8-12-22(26-2)23(20)27-3/h5-12,21H,4,13-18H2,1-3H3. The summed E-state index contributed by atoms with van der Waals surface area (Å²) in [6, 6.07) is 17.6. The minimum absolute atomic E-state index is 0.665. The van der Waals surface area contributed by atoms with E-state index in [1.54, 1.807) is 14.2 Å². The van der Waals surface area contributed by atoms with Crippen LogP contribution in [0.2, 0.25) is 0 Å². The Kier molecular flexibility index (Phi) is 7.13. The second kappa shape index (κ2) is 9.77. The van der Waals surface area contributed by atoms with Crippen molar-refractivity contribution >= 4 is 0 Å². The molecule has 146 valence electrons. The van der Waals surface area contributed by atoms with Gasteiger partial charge in [-0.1, -0.05) is 49.4 Å². The highest BCUT2D eigenvalue weighted by atomic mass is 16.5. The van der Waals surface area contributed by atoms with E-state index in [2.05, 4.69) is 53.1 Å². The zero-order valence-corrected chi connectivity index (χ0v) is 16.9. The summed E-state index contributed by atoms with van der Waals surface area (Å²) in [5.74, 6) is 1.67. The van der Waals surface area contributed by atoms with Crippen molar-refractivity contribution in [3.8, 4) is 11.5 Å². The van der Waals surface area contributed by atoms with Crippen LogP contribution in [0.3, 0.4) is 0 Å². The monoisotopic (exact) mass is 368 g/mol. The van der Waals surface area contributed by atoms with Crippen molar-refractivity contribution in [3.63, 3.8) is 0 Å². The summed E-state index contributed by atoms with van der Waals surface area (Å²) in [6.45, 7) is 7.58. The third kappa shape index (κ3) is 5.02. The summed E-state index contributed by atoms with van der Waals surface area (Å²) in [5, 5.41) is 0. The van der Waals surface area contributed by atoms with Crippen molar-refractivity contribution in [1.29, 1.82) is 0 Å². The van der Waals surface area contributed by atoms with Gasteiger partial charge in [0.05, 0.1) is 14.2 Å². The summed E-state index contributed by atoms with van der Waals surface area (Å²) in [5.41, 5.74) is 2.61. The first-order valence-corrected chi connectivity index (χ1v) is 9.95. The lowest BCUT2D eigenvalue weighted by Gasteiger charge is -2.38. The maximum atomic E-state index is 5.59. The highest BCUT2D eigenvalue weighted by Gasteiger charge is 2.24. The van der Waals surface area contributed by atoms with Crippen LogP contribution in [0.1, 0.15) is 30.9 Å². The Balaban J connectivity index is 1.57. The molecule has 0 radical (unpaired) electrons.